The summed E-state index contributed by atoms with van der Waals surface area (Å²) in [5.41, 5.74) is 1.09. The van der Waals surface area contributed by atoms with Crippen molar-refractivity contribution in [2.75, 3.05) is 6.61 Å². The highest BCUT2D eigenvalue weighted by Gasteiger charge is 1.98. The van der Waals surface area contributed by atoms with E-state index in [1.807, 2.05) is 36.4 Å². The van der Waals surface area contributed by atoms with Gasteiger partial charge >= 0.3 is 0 Å². The molecule has 80 valence electrons. The molecule has 0 amide bonds. The van der Waals surface area contributed by atoms with E-state index in [0.29, 0.717) is 26.1 Å². The monoisotopic (exact) mass is 206 g/mol. The van der Waals surface area contributed by atoms with Crippen LogP contribution in [0.3, 0.4) is 0 Å². The Kier molecular flexibility index (Phi) is 3.70. The summed E-state index contributed by atoms with van der Waals surface area (Å²) >= 11 is 0. The zero-order valence-corrected chi connectivity index (χ0v) is 8.65. The van der Waals surface area contributed by atoms with Crippen LogP contribution in [0.2, 0.25) is 0 Å². The van der Waals surface area contributed by atoms with Gasteiger partial charge in [-0.2, -0.15) is 5.26 Å². The minimum atomic E-state index is -2.19. The van der Waals surface area contributed by atoms with Crippen LogP contribution in [0.1, 0.15) is 29.4 Å². The van der Waals surface area contributed by atoms with Crippen molar-refractivity contribution >= 4 is 0 Å². The molecule has 1 atom stereocenters. The van der Waals surface area contributed by atoms with E-state index in [0.717, 1.165) is 5.56 Å². The van der Waals surface area contributed by atoms with Crippen LogP contribution in [-0.4, -0.2) is 6.61 Å². The highest BCUT2D eigenvalue weighted by Crippen LogP contribution is 2.05. The smallest absolute Gasteiger partial charge is 0.0716 e. The Balaban J connectivity index is 2.18. The van der Waals surface area contributed by atoms with Gasteiger partial charge in [-0.25, -0.2) is 0 Å². The van der Waals surface area contributed by atoms with Gasteiger partial charge in [0.05, 0.1) is 12.7 Å². The Labute approximate surface area is 95.7 Å². The second kappa shape index (κ2) is 7.03. The topological polar surface area (TPSA) is 33.0 Å². The van der Waals surface area contributed by atoms with E-state index in [1.165, 1.54) is 0 Å². The van der Waals surface area contributed by atoms with E-state index >= 15 is 0 Å². The first-order valence-electron chi connectivity index (χ1n) is 6.55. The number of benzene rings is 1. The van der Waals surface area contributed by atoms with Gasteiger partial charge < -0.3 is 4.74 Å². The summed E-state index contributed by atoms with van der Waals surface area (Å²) in [7, 11) is 0. The maximum absolute atomic E-state index is 8.75. The van der Waals surface area contributed by atoms with Crippen molar-refractivity contribution in [2.24, 2.45) is 5.92 Å². The fourth-order valence-electron chi connectivity index (χ4n) is 1.22. The highest BCUT2D eigenvalue weighted by atomic mass is 16.5. The van der Waals surface area contributed by atoms with Crippen molar-refractivity contribution in [2.45, 2.75) is 26.3 Å². The molecule has 0 spiro atoms. The van der Waals surface area contributed by atoms with Crippen molar-refractivity contribution < 1.29 is 8.85 Å². The molecular weight excluding hydrogens is 186 g/mol. The van der Waals surface area contributed by atoms with E-state index in [9.17, 15) is 0 Å². The molecule has 2 heteroatoms. The Morgan fingerprint density at radius 1 is 1.47 bits per heavy atom. The Morgan fingerprint density at radius 3 is 2.93 bits per heavy atom. The first-order valence-corrected chi connectivity index (χ1v) is 5.05. The van der Waals surface area contributed by atoms with Gasteiger partial charge in [-0.3, -0.25) is 0 Å². The Bertz CT molecular complexity index is 383. The third kappa shape index (κ3) is 5.19. The summed E-state index contributed by atoms with van der Waals surface area (Å²) in [4.78, 5) is 0. The van der Waals surface area contributed by atoms with Crippen LogP contribution in [-0.2, 0) is 11.3 Å². The molecule has 0 radical (unpaired) electrons. The Morgan fingerprint density at radius 2 is 2.27 bits per heavy atom. The van der Waals surface area contributed by atoms with Gasteiger partial charge in [0.1, 0.15) is 0 Å². The van der Waals surface area contributed by atoms with Gasteiger partial charge in [0.25, 0.3) is 0 Å². The zero-order valence-electron chi connectivity index (χ0n) is 11.6. The quantitative estimate of drug-likeness (QED) is 0.670. The van der Waals surface area contributed by atoms with E-state index in [4.69, 9.17) is 14.1 Å². The van der Waals surface area contributed by atoms with Gasteiger partial charge in [0.15, 0.2) is 0 Å². The molecule has 0 bridgehead atoms. The lowest BCUT2D eigenvalue weighted by atomic mass is 10.1. The van der Waals surface area contributed by atoms with Crippen LogP contribution < -0.4 is 0 Å². The minimum Gasteiger partial charge on any atom is -0.377 e. The van der Waals surface area contributed by atoms with Crippen LogP contribution in [0.4, 0.5) is 0 Å². The van der Waals surface area contributed by atoms with Crippen molar-refractivity contribution in [3.63, 3.8) is 0 Å². The van der Waals surface area contributed by atoms with Crippen LogP contribution in [0, 0.1) is 17.2 Å². The lowest BCUT2D eigenvalue weighted by molar-refractivity contribution is 0.115. The summed E-state index contributed by atoms with van der Waals surface area (Å²) in [5, 5.41) is 8.75. The first-order chi connectivity index (χ1) is 8.54. The lowest BCUT2D eigenvalue weighted by Crippen LogP contribution is -1.98. The van der Waals surface area contributed by atoms with Crippen molar-refractivity contribution in [1.29, 1.82) is 5.26 Å². The summed E-state index contributed by atoms with van der Waals surface area (Å²) < 4.78 is 27.0. The van der Waals surface area contributed by atoms with Gasteiger partial charge in [0, 0.05) is 16.6 Å². The number of nitrogens with zero attached hydrogens (tertiary/aromatic N) is 1. The molecule has 0 aliphatic carbocycles. The molecule has 0 aromatic heterocycles. The summed E-state index contributed by atoms with van der Waals surface area (Å²) in [5.74, 6) is -0.891. The molecule has 0 saturated heterocycles. The number of rotatable bonds is 6. The third-order valence-electron chi connectivity index (χ3n) is 2.05. The van der Waals surface area contributed by atoms with Crippen LogP contribution in [0.5, 0.6) is 0 Å². The molecular formula is C13H17NO. The number of nitriles is 1. The first kappa shape index (κ1) is 7.90. The molecule has 1 aromatic rings. The van der Waals surface area contributed by atoms with Gasteiger partial charge in [-0.05, 0) is 25.3 Å². The molecule has 0 fully saturated rings. The third-order valence-corrected chi connectivity index (χ3v) is 2.05. The lowest BCUT2D eigenvalue weighted by Gasteiger charge is -2.04. The average Bonchev–Trinajstić information content (AvgIpc) is 2.33. The molecule has 0 N–H and O–H groups in total. The van der Waals surface area contributed by atoms with Gasteiger partial charge in [-0.15, -0.1) is 0 Å². The molecule has 1 unspecified atom stereocenters. The predicted molar refractivity (Wildman–Crippen MR) is 60.1 cm³/mol. The largest absolute Gasteiger partial charge is 0.377 e. The summed E-state index contributed by atoms with van der Waals surface area (Å²) in [6.07, 6.45) is 0.936. The summed E-state index contributed by atoms with van der Waals surface area (Å²) in [6.45, 7) is -1.19. The molecule has 15 heavy (non-hydrogen) atoms. The number of hydrogen-bond donors (Lipinski definition) is 0. The SMILES string of the molecule is [2H]C([2H])([2H])C(C#N)CCCOCc1ccccc1. The molecule has 1 aromatic carbocycles. The van der Waals surface area contributed by atoms with Crippen molar-refractivity contribution in [1.82, 2.24) is 0 Å². The normalized spacial score (nSPS) is 15.8. The maximum atomic E-state index is 8.75. The predicted octanol–water partition coefficient (Wildman–Crippen LogP) is 3.14. The summed E-state index contributed by atoms with van der Waals surface area (Å²) in [6, 6.07) is 11.6. The molecule has 0 aliphatic rings. The Hall–Kier alpha value is -1.33. The number of ether oxygens (including phenoxy) is 1. The fraction of sp³-hybridized carbons (Fsp3) is 0.462. The van der Waals surface area contributed by atoms with Crippen LogP contribution in [0.15, 0.2) is 30.3 Å². The van der Waals surface area contributed by atoms with E-state index < -0.39 is 12.8 Å². The van der Waals surface area contributed by atoms with E-state index in [1.54, 1.807) is 0 Å². The zero-order chi connectivity index (χ0) is 13.4. The second-order valence-electron chi connectivity index (χ2n) is 3.36. The maximum Gasteiger partial charge on any atom is 0.0716 e. The van der Waals surface area contributed by atoms with Crippen LogP contribution in [0.25, 0.3) is 0 Å². The van der Waals surface area contributed by atoms with Crippen molar-refractivity contribution in [3.05, 3.63) is 35.9 Å². The molecule has 1 rings (SSSR count). The molecule has 0 saturated carbocycles. The highest BCUT2D eigenvalue weighted by molar-refractivity contribution is 5.13. The molecule has 0 aliphatic heterocycles. The van der Waals surface area contributed by atoms with E-state index in [2.05, 4.69) is 0 Å². The fourth-order valence-corrected chi connectivity index (χ4v) is 1.22. The average molecular weight is 206 g/mol. The number of hydrogen-bond acceptors (Lipinski definition) is 2. The van der Waals surface area contributed by atoms with E-state index in [-0.39, 0.29) is 0 Å². The molecule has 2 nitrogen and oxygen atoms in total. The van der Waals surface area contributed by atoms with Gasteiger partial charge in [-0.1, -0.05) is 30.3 Å². The second-order valence-corrected chi connectivity index (χ2v) is 3.36. The minimum absolute atomic E-state index is 0.349. The van der Waals surface area contributed by atoms with Gasteiger partial charge in [0.2, 0.25) is 0 Å². The van der Waals surface area contributed by atoms with Crippen molar-refractivity contribution in [3.8, 4) is 6.07 Å². The standard InChI is InChI=1S/C13H17NO/c1-12(10-14)6-5-9-15-11-13-7-3-2-4-8-13/h2-4,7-8,12H,5-6,9,11H2,1H3/i1D3. The molecule has 0 heterocycles. The van der Waals surface area contributed by atoms with Crippen LogP contribution >= 0.6 is 0 Å².